The number of aromatic hydroxyl groups is 1. The molecule has 1 N–H and O–H groups in total. The molecule has 1 atom stereocenters. The van der Waals surface area contributed by atoms with Crippen LogP contribution in [0.1, 0.15) is 30.3 Å². The van der Waals surface area contributed by atoms with E-state index >= 15 is 0 Å². The number of hydrogen-bond acceptors (Lipinski definition) is 8. The van der Waals surface area contributed by atoms with Crippen molar-refractivity contribution in [2.75, 3.05) is 20.3 Å². The molecule has 0 aromatic carbocycles. The van der Waals surface area contributed by atoms with Crippen molar-refractivity contribution in [2.24, 2.45) is 13.0 Å². The van der Waals surface area contributed by atoms with E-state index in [1.165, 1.54) is 0 Å². The second-order valence-electron chi connectivity index (χ2n) is 9.26. The van der Waals surface area contributed by atoms with Crippen molar-refractivity contribution >= 4 is 39.6 Å². The second-order valence-corrected chi connectivity index (χ2v) is 9.65. The fourth-order valence-electron chi connectivity index (χ4n) is 5.50. The summed E-state index contributed by atoms with van der Waals surface area (Å²) in [5.41, 5.74) is 5.14. The van der Waals surface area contributed by atoms with Crippen LogP contribution in [0.25, 0.3) is 39.3 Å². The Morgan fingerprint density at radius 2 is 2.05 bits per heavy atom. The molecule has 38 heavy (non-hydrogen) atoms. The van der Waals surface area contributed by atoms with E-state index in [0.717, 1.165) is 40.5 Å². The molecule has 1 aliphatic heterocycles. The topological polar surface area (TPSA) is 113 Å². The number of hydrogen-bond donors (Lipinski definition) is 1. The number of ether oxygens (including phenoxy) is 2. The lowest BCUT2D eigenvalue weighted by Gasteiger charge is -2.32. The van der Waals surface area contributed by atoms with Crippen molar-refractivity contribution < 1.29 is 14.6 Å². The van der Waals surface area contributed by atoms with E-state index < -0.39 is 0 Å². The average Bonchev–Trinajstić information content (AvgIpc) is 3.47. The van der Waals surface area contributed by atoms with Crippen LogP contribution in [0.15, 0.2) is 43.2 Å². The smallest absolute Gasteiger partial charge is 0.226 e. The van der Waals surface area contributed by atoms with Crippen molar-refractivity contribution in [3.8, 4) is 22.9 Å². The molecular weight excluding hydrogens is 506 g/mol. The van der Waals surface area contributed by atoms with Gasteiger partial charge in [0.1, 0.15) is 27.8 Å². The maximum Gasteiger partial charge on any atom is 0.226 e. The van der Waals surface area contributed by atoms with Crippen LogP contribution in [0.2, 0.25) is 5.15 Å². The summed E-state index contributed by atoms with van der Waals surface area (Å²) in [4.78, 5) is 14.0. The van der Waals surface area contributed by atoms with Crippen LogP contribution in [-0.2, 0) is 11.8 Å². The number of aryl methyl sites for hydroxylation is 1. The monoisotopic (exact) mass is 531 g/mol. The summed E-state index contributed by atoms with van der Waals surface area (Å²) in [6.07, 6.45) is 6.76. The van der Waals surface area contributed by atoms with Gasteiger partial charge in [-0.1, -0.05) is 23.4 Å². The van der Waals surface area contributed by atoms with E-state index in [1.807, 2.05) is 19.2 Å². The zero-order valence-corrected chi connectivity index (χ0v) is 21.8. The predicted molar refractivity (Wildman–Crippen MR) is 144 cm³/mol. The molecule has 1 saturated heterocycles. The first kappa shape index (κ1) is 24.3. The van der Waals surface area contributed by atoms with E-state index in [2.05, 4.69) is 31.4 Å². The van der Waals surface area contributed by atoms with Crippen LogP contribution in [-0.4, -0.2) is 59.9 Å². The summed E-state index contributed by atoms with van der Waals surface area (Å²) in [7, 11) is 3.40. The number of rotatable bonds is 6. The SMILES string of the molecule is C=Cc1nnn(C)c1-c1cnc2c3c(OC)nc(Cl)cc3n(C(c3ncccc3O)C3CCOCC3)c2c1. The normalized spacial score (nSPS) is 15.2. The van der Waals surface area contributed by atoms with E-state index in [9.17, 15) is 5.11 Å². The van der Waals surface area contributed by atoms with E-state index in [0.29, 0.717) is 41.2 Å². The van der Waals surface area contributed by atoms with Gasteiger partial charge in [0.25, 0.3) is 0 Å². The molecule has 0 radical (unpaired) electrons. The zero-order chi connectivity index (χ0) is 26.4. The average molecular weight is 532 g/mol. The lowest BCUT2D eigenvalue weighted by Crippen LogP contribution is -2.27. The third-order valence-electron chi connectivity index (χ3n) is 7.16. The minimum Gasteiger partial charge on any atom is -0.506 e. The van der Waals surface area contributed by atoms with Gasteiger partial charge >= 0.3 is 0 Å². The number of fused-ring (bicyclic) bond motifs is 3. The lowest BCUT2D eigenvalue weighted by molar-refractivity contribution is 0.0544. The zero-order valence-electron chi connectivity index (χ0n) is 21.0. The molecule has 5 aromatic heterocycles. The molecule has 5 aromatic rings. The number of aromatic nitrogens is 7. The Labute approximate surface area is 223 Å². The van der Waals surface area contributed by atoms with Gasteiger partial charge in [0.2, 0.25) is 5.88 Å². The molecule has 0 spiro atoms. The van der Waals surface area contributed by atoms with Gasteiger partial charge in [0.15, 0.2) is 0 Å². The third kappa shape index (κ3) is 3.88. The summed E-state index contributed by atoms with van der Waals surface area (Å²) in [6.45, 7) is 5.15. The Balaban J connectivity index is 1.73. The van der Waals surface area contributed by atoms with Gasteiger partial charge in [-0.3, -0.25) is 9.97 Å². The van der Waals surface area contributed by atoms with E-state index in [4.69, 9.17) is 26.1 Å². The summed E-state index contributed by atoms with van der Waals surface area (Å²) in [5, 5.41) is 20.4. The predicted octanol–water partition coefficient (Wildman–Crippen LogP) is 4.80. The molecule has 0 amide bonds. The van der Waals surface area contributed by atoms with Gasteiger partial charge < -0.3 is 19.1 Å². The summed E-state index contributed by atoms with van der Waals surface area (Å²) in [6, 6.07) is 6.92. The molecule has 6 rings (SSSR count). The summed E-state index contributed by atoms with van der Waals surface area (Å²) < 4.78 is 15.2. The first-order chi connectivity index (χ1) is 18.5. The second kappa shape index (κ2) is 9.70. The highest BCUT2D eigenvalue weighted by Crippen LogP contribution is 2.44. The highest BCUT2D eigenvalue weighted by Gasteiger charge is 2.34. The Morgan fingerprint density at radius 3 is 2.79 bits per heavy atom. The van der Waals surface area contributed by atoms with Crippen LogP contribution >= 0.6 is 11.6 Å². The van der Waals surface area contributed by atoms with Crippen molar-refractivity contribution in [3.63, 3.8) is 0 Å². The molecule has 194 valence electrons. The molecule has 1 unspecified atom stereocenters. The first-order valence-electron chi connectivity index (χ1n) is 12.3. The summed E-state index contributed by atoms with van der Waals surface area (Å²) >= 11 is 6.50. The number of methoxy groups -OCH3 is 1. The fraction of sp³-hybridized carbons (Fsp3) is 0.296. The van der Waals surface area contributed by atoms with Crippen molar-refractivity contribution in [1.29, 1.82) is 0 Å². The Morgan fingerprint density at radius 1 is 1.24 bits per heavy atom. The van der Waals surface area contributed by atoms with Gasteiger partial charge in [0.05, 0.1) is 35.3 Å². The largest absolute Gasteiger partial charge is 0.506 e. The molecule has 10 nitrogen and oxygen atoms in total. The molecular formula is C27H26ClN7O3. The number of pyridine rings is 3. The van der Waals surface area contributed by atoms with Crippen molar-refractivity contribution in [3.05, 3.63) is 59.8 Å². The summed E-state index contributed by atoms with van der Waals surface area (Å²) in [5.74, 6) is 0.633. The molecule has 6 heterocycles. The van der Waals surface area contributed by atoms with Gasteiger partial charge in [-0.2, -0.15) is 0 Å². The molecule has 0 bridgehead atoms. The van der Waals surface area contributed by atoms with Gasteiger partial charge in [0, 0.05) is 44.3 Å². The maximum absolute atomic E-state index is 11.0. The Bertz CT molecular complexity index is 1670. The van der Waals surface area contributed by atoms with Crippen LogP contribution in [0.3, 0.4) is 0 Å². The maximum atomic E-state index is 11.0. The highest BCUT2D eigenvalue weighted by molar-refractivity contribution is 6.30. The van der Waals surface area contributed by atoms with Gasteiger partial charge in [-0.05, 0) is 43.0 Å². The van der Waals surface area contributed by atoms with E-state index in [1.54, 1.807) is 42.4 Å². The Hall–Kier alpha value is -4.02. The Kier molecular flexibility index (Phi) is 6.21. The van der Waals surface area contributed by atoms with Gasteiger partial charge in [-0.25, -0.2) is 9.67 Å². The lowest BCUT2D eigenvalue weighted by atomic mass is 9.88. The quantitative estimate of drug-likeness (QED) is 0.311. The molecule has 0 aliphatic carbocycles. The molecule has 11 heteroatoms. The fourth-order valence-corrected chi connectivity index (χ4v) is 5.68. The molecule has 1 fully saturated rings. The van der Waals surface area contributed by atoms with Crippen LogP contribution in [0.4, 0.5) is 0 Å². The third-order valence-corrected chi connectivity index (χ3v) is 7.35. The molecule has 1 aliphatic rings. The molecule has 0 saturated carbocycles. The van der Waals surface area contributed by atoms with Crippen LogP contribution in [0.5, 0.6) is 11.6 Å². The van der Waals surface area contributed by atoms with Crippen LogP contribution < -0.4 is 4.74 Å². The van der Waals surface area contributed by atoms with Gasteiger partial charge in [-0.15, -0.1) is 5.10 Å². The van der Waals surface area contributed by atoms with E-state index in [-0.39, 0.29) is 17.7 Å². The van der Waals surface area contributed by atoms with Crippen LogP contribution in [0, 0.1) is 5.92 Å². The highest BCUT2D eigenvalue weighted by atomic mass is 35.5. The minimum absolute atomic E-state index is 0.125. The van der Waals surface area contributed by atoms with Crippen molar-refractivity contribution in [2.45, 2.75) is 18.9 Å². The first-order valence-corrected chi connectivity index (χ1v) is 12.7. The minimum atomic E-state index is -0.330. The van der Waals surface area contributed by atoms with Crippen molar-refractivity contribution in [1.82, 2.24) is 34.5 Å². The number of halogens is 1. The number of nitrogens with zero attached hydrogens (tertiary/aromatic N) is 7. The standard InChI is InChI=1S/C27H26ClN7O3/c1-4-17-25(34(2)33-32-17)16-12-19-23(30-14-16)22-18(13-21(28)31-27(22)37-3)35(19)26(15-7-10-38-11-8-15)24-20(36)6-5-9-29-24/h4-6,9,12-15,26,36H,1,7-8,10-11H2,2-3H3.